The number of amides is 1. The fourth-order valence-electron chi connectivity index (χ4n) is 3.03. The molecule has 0 saturated carbocycles. The van der Waals surface area contributed by atoms with Gasteiger partial charge in [-0.1, -0.05) is 12.1 Å². The smallest absolute Gasteiger partial charge is 0.253 e. The largest absolute Gasteiger partial charge is 0.348 e. The normalized spacial score (nSPS) is 11.8. The Morgan fingerprint density at radius 2 is 2.15 bits per heavy atom. The van der Waals surface area contributed by atoms with Crippen molar-refractivity contribution in [2.75, 3.05) is 0 Å². The Bertz CT molecular complexity index is 1110. The summed E-state index contributed by atoms with van der Waals surface area (Å²) in [5.41, 5.74) is 2.16. The number of hydrogen-bond acceptors (Lipinski definition) is 4. The van der Waals surface area contributed by atoms with E-state index in [1.807, 2.05) is 38.1 Å². The van der Waals surface area contributed by atoms with Crippen molar-refractivity contribution in [3.63, 3.8) is 0 Å². The minimum absolute atomic E-state index is 0.174. The molecule has 0 bridgehead atoms. The van der Waals surface area contributed by atoms with Gasteiger partial charge < -0.3 is 10.3 Å². The molecule has 2 heterocycles. The van der Waals surface area contributed by atoms with E-state index in [4.69, 9.17) is 0 Å². The summed E-state index contributed by atoms with van der Waals surface area (Å²) in [5.74, 6) is -0.345. The van der Waals surface area contributed by atoms with Gasteiger partial charge in [0.25, 0.3) is 5.56 Å². The maximum absolute atomic E-state index is 12.5. The van der Waals surface area contributed by atoms with Gasteiger partial charge in [0, 0.05) is 27.1 Å². The van der Waals surface area contributed by atoms with Crippen molar-refractivity contribution < 1.29 is 4.79 Å². The Kier molecular flexibility index (Phi) is 5.38. The van der Waals surface area contributed by atoms with Crippen LogP contribution in [-0.4, -0.2) is 15.9 Å². The number of nitrogens with one attached hydrogen (secondary N) is 2. The van der Waals surface area contributed by atoms with Crippen LogP contribution < -0.4 is 10.9 Å². The van der Waals surface area contributed by atoms with Crippen molar-refractivity contribution in [2.24, 2.45) is 0 Å². The molecule has 3 aromatic rings. The Balaban J connectivity index is 1.90. The van der Waals surface area contributed by atoms with Crippen molar-refractivity contribution in [1.82, 2.24) is 15.3 Å². The van der Waals surface area contributed by atoms with Crippen LogP contribution in [0.1, 0.15) is 35.3 Å². The van der Waals surface area contributed by atoms with E-state index >= 15 is 0 Å². The van der Waals surface area contributed by atoms with Crippen LogP contribution in [-0.2, 0) is 11.2 Å². The van der Waals surface area contributed by atoms with Gasteiger partial charge in [-0.3, -0.25) is 14.6 Å². The number of fused-ring (bicyclic) bond motifs is 1. The van der Waals surface area contributed by atoms with E-state index in [2.05, 4.69) is 37.3 Å². The molecule has 0 aliphatic heterocycles. The van der Waals surface area contributed by atoms with Crippen molar-refractivity contribution in [3.05, 3.63) is 73.7 Å². The number of carbonyl (C=O) groups excluding carboxylic acids is 1. The van der Waals surface area contributed by atoms with Gasteiger partial charge in [0.1, 0.15) is 6.07 Å². The molecule has 136 valence electrons. The fraction of sp³-hybridized carbons (Fsp3) is 0.200. The number of aromatic nitrogens is 2. The zero-order valence-electron chi connectivity index (χ0n) is 14.8. The lowest BCUT2D eigenvalue weighted by atomic mass is 9.98. The van der Waals surface area contributed by atoms with Crippen LogP contribution in [0.2, 0.25) is 0 Å². The molecule has 7 heteroatoms. The van der Waals surface area contributed by atoms with Gasteiger partial charge in [-0.05, 0) is 53.5 Å². The highest BCUT2D eigenvalue weighted by atomic mass is 79.9. The molecule has 0 aliphatic rings. The monoisotopic (exact) mass is 424 g/mol. The second-order valence-electron chi connectivity index (χ2n) is 6.28. The van der Waals surface area contributed by atoms with E-state index in [0.717, 1.165) is 10.0 Å². The first-order valence-electron chi connectivity index (χ1n) is 8.36. The number of aromatic amines is 1. The second kappa shape index (κ2) is 7.72. The Hall–Kier alpha value is -2.98. The third-order valence-corrected chi connectivity index (χ3v) is 4.84. The highest BCUT2D eigenvalue weighted by Crippen LogP contribution is 2.22. The Labute approximate surface area is 164 Å². The van der Waals surface area contributed by atoms with Gasteiger partial charge in [-0.15, -0.1) is 0 Å². The molecule has 1 aromatic carbocycles. The number of nitrogens with zero attached hydrogens (tertiary/aromatic N) is 2. The summed E-state index contributed by atoms with van der Waals surface area (Å²) in [6.45, 7) is 3.68. The molecule has 0 fully saturated rings. The molecule has 2 aromatic heterocycles. The highest BCUT2D eigenvalue weighted by Gasteiger charge is 2.18. The van der Waals surface area contributed by atoms with Crippen LogP contribution >= 0.6 is 15.9 Å². The third-order valence-electron chi connectivity index (χ3n) is 4.37. The van der Waals surface area contributed by atoms with Crippen LogP contribution in [0.4, 0.5) is 0 Å². The number of rotatable bonds is 4. The number of pyridine rings is 2. The van der Waals surface area contributed by atoms with Crippen molar-refractivity contribution >= 4 is 32.7 Å². The SMILES string of the molecule is Cc1cccc2[nH]c(=O)c(CC(=O)N[C@@H](C)c3ccc(Br)cn3)c(C#N)c12. The van der Waals surface area contributed by atoms with Crippen LogP contribution in [0.15, 0.2) is 45.8 Å². The number of carbonyl (C=O) groups is 1. The van der Waals surface area contributed by atoms with Crippen LogP contribution in [0, 0.1) is 18.3 Å². The van der Waals surface area contributed by atoms with Gasteiger partial charge in [0.2, 0.25) is 5.91 Å². The molecule has 0 unspecified atom stereocenters. The van der Waals surface area contributed by atoms with Crippen LogP contribution in [0.3, 0.4) is 0 Å². The number of nitriles is 1. The molecular formula is C20H17BrN4O2. The first kappa shape index (κ1) is 18.8. The number of H-pyrrole nitrogens is 1. The molecule has 3 rings (SSSR count). The third kappa shape index (κ3) is 3.91. The maximum Gasteiger partial charge on any atom is 0.253 e. The van der Waals surface area contributed by atoms with E-state index in [-0.39, 0.29) is 29.5 Å². The van der Waals surface area contributed by atoms with Gasteiger partial charge in [0.15, 0.2) is 0 Å². The fourth-order valence-corrected chi connectivity index (χ4v) is 3.26. The quantitative estimate of drug-likeness (QED) is 0.670. The topological polar surface area (TPSA) is 98.6 Å². The molecule has 27 heavy (non-hydrogen) atoms. The Morgan fingerprint density at radius 1 is 1.37 bits per heavy atom. The summed E-state index contributed by atoms with van der Waals surface area (Å²) < 4.78 is 0.849. The minimum atomic E-state index is -0.422. The van der Waals surface area contributed by atoms with Crippen molar-refractivity contribution in [1.29, 1.82) is 5.26 Å². The molecule has 0 radical (unpaired) electrons. The van der Waals surface area contributed by atoms with E-state index in [0.29, 0.717) is 16.6 Å². The molecule has 2 N–H and O–H groups in total. The van der Waals surface area contributed by atoms with Crippen molar-refractivity contribution in [2.45, 2.75) is 26.3 Å². The van der Waals surface area contributed by atoms with Crippen LogP contribution in [0.5, 0.6) is 0 Å². The predicted octanol–water partition coefficient (Wildman–Crippen LogP) is 3.29. The molecule has 0 aliphatic carbocycles. The molecule has 0 spiro atoms. The lowest BCUT2D eigenvalue weighted by Gasteiger charge is -2.14. The standard InChI is InChI=1S/C20H17BrN4O2/c1-11-4-3-5-17-19(11)15(9-22)14(20(27)25-17)8-18(26)24-12(2)16-7-6-13(21)10-23-16/h3-7,10,12H,8H2,1-2H3,(H,24,26)(H,25,27)/t12-/m0/s1. The highest BCUT2D eigenvalue weighted by molar-refractivity contribution is 9.10. The Morgan fingerprint density at radius 3 is 2.81 bits per heavy atom. The summed E-state index contributed by atoms with van der Waals surface area (Å²) in [5, 5.41) is 13.1. The minimum Gasteiger partial charge on any atom is -0.348 e. The summed E-state index contributed by atoms with van der Waals surface area (Å²) in [7, 11) is 0. The molecular weight excluding hydrogens is 408 g/mol. The van der Waals surface area contributed by atoms with Crippen LogP contribution in [0.25, 0.3) is 10.9 Å². The number of hydrogen-bond donors (Lipinski definition) is 2. The lowest BCUT2D eigenvalue weighted by molar-refractivity contribution is -0.121. The summed E-state index contributed by atoms with van der Waals surface area (Å²) >= 11 is 3.32. The summed E-state index contributed by atoms with van der Waals surface area (Å²) in [6.07, 6.45) is 1.48. The molecule has 1 amide bonds. The number of benzene rings is 1. The van der Waals surface area contributed by atoms with Gasteiger partial charge in [0.05, 0.1) is 23.7 Å². The lowest BCUT2D eigenvalue weighted by Crippen LogP contribution is -2.31. The van der Waals surface area contributed by atoms with Crippen molar-refractivity contribution in [3.8, 4) is 6.07 Å². The van der Waals surface area contributed by atoms with E-state index < -0.39 is 5.56 Å². The zero-order chi connectivity index (χ0) is 19.6. The second-order valence-corrected chi connectivity index (χ2v) is 7.20. The number of aryl methyl sites for hydroxylation is 1. The molecule has 6 nitrogen and oxygen atoms in total. The van der Waals surface area contributed by atoms with Gasteiger partial charge in [-0.25, -0.2) is 0 Å². The average Bonchev–Trinajstić information content (AvgIpc) is 2.63. The van der Waals surface area contributed by atoms with Gasteiger partial charge >= 0.3 is 0 Å². The van der Waals surface area contributed by atoms with E-state index in [1.54, 1.807) is 12.3 Å². The zero-order valence-corrected chi connectivity index (χ0v) is 16.4. The summed E-state index contributed by atoms with van der Waals surface area (Å²) in [6, 6.07) is 10.9. The van der Waals surface area contributed by atoms with Gasteiger partial charge in [-0.2, -0.15) is 5.26 Å². The predicted molar refractivity (Wildman–Crippen MR) is 106 cm³/mol. The maximum atomic E-state index is 12.5. The first-order chi connectivity index (χ1) is 12.9. The first-order valence-corrected chi connectivity index (χ1v) is 9.15. The average molecular weight is 425 g/mol. The number of halogens is 1. The van der Waals surface area contributed by atoms with E-state index in [9.17, 15) is 14.9 Å². The summed E-state index contributed by atoms with van der Waals surface area (Å²) in [4.78, 5) is 32.0. The molecule has 1 atom stereocenters. The van der Waals surface area contributed by atoms with E-state index in [1.165, 1.54) is 0 Å². The molecule has 0 saturated heterocycles.